The summed E-state index contributed by atoms with van der Waals surface area (Å²) in [5.74, 6) is 0.777. The summed E-state index contributed by atoms with van der Waals surface area (Å²) in [4.78, 5) is 0. The SMILES string of the molecule is COC(c1ccccc1)c1n[nH]c(=S)n1C. The highest BCUT2D eigenvalue weighted by molar-refractivity contribution is 7.71. The van der Waals surface area contributed by atoms with E-state index < -0.39 is 0 Å². The molecule has 0 saturated heterocycles. The number of hydrogen-bond acceptors (Lipinski definition) is 3. The van der Waals surface area contributed by atoms with Crippen molar-refractivity contribution in [3.05, 3.63) is 46.5 Å². The maximum atomic E-state index is 5.47. The van der Waals surface area contributed by atoms with Crippen LogP contribution < -0.4 is 0 Å². The fourth-order valence-corrected chi connectivity index (χ4v) is 1.75. The molecule has 1 aromatic carbocycles. The van der Waals surface area contributed by atoms with Gasteiger partial charge in [-0.05, 0) is 17.8 Å². The second-order valence-corrected chi connectivity index (χ2v) is 3.86. The summed E-state index contributed by atoms with van der Waals surface area (Å²) in [6, 6.07) is 9.93. The average molecular weight is 235 g/mol. The molecule has 0 bridgehead atoms. The third-order valence-corrected chi connectivity index (χ3v) is 2.85. The van der Waals surface area contributed by atoms with Gasteiger partial charge in [0.2, 0.25) is 0 Å². The minimum Gasteiger partial charge on any atom is -0.369 e. The predicted molar refractivity (Wildman–Crippen MR) is 63.7 cm³/mol. The van der Waals surface area contributed by atoms with E-state index in [1.807, 2.05) is 41.9 Å². The molecule has 2 rings (SSSR count). The zero-order valence-corrected chi connectivity index (χ0v) is 9.99. The van der Waals surface area contributed by atoms with Gasteiger partial charge in [-0.3, -0.25) is 5.10 Å². The maximum Gasteiger partial charge on any atom is 0.194 e. The summed E-state index contributed by atoms with van der Waals surface area (Å²) >= 11 is 5.08. The van der Waals surface area contributed by atoms with Gasteiger partial charge in [0.15, 0.2) is 10.6 Å². The van der Waals surface area contributed by atoms with Crippen LogP contribution in [0.5, 0.6) is 0 Å². The van der Waals surface area contributed by atoms with Gasteiger partial charge in [-0.25, -0.2) is 0 Å². The van der Waals surface area contributed by atoms with Gasteiger partial charge in [-0.2, -0.15) is 5.10 Å². The molecule has 0 saturated carbocycles. The number of aromatic nitrogens is 3. The van der Waals surface area contributed by atoms with Gasteiger partial charge >= 0.3 is 0 Å². The lowest BCUT2D eigenvalue weighted by atomic mass is 10.1. The third-order valence-electron chi connectivity index (χ3n) is 2.49. The van der Waals surface area contributed by atoms with Crippen LogP contribution in [0.2, 0.25) is 0 Å². The lowest BCUT2D eigenvalue weighted by molar-refractivity contribution is 0.126. The van der Waals surface area contributed by atoms with Crippen LogP contribution in [0.1, 0.15) is 17.5 Å². The van der Waals surface area contributed by atoms with Gasteiger partial charge in [0, 0.05) is 14.2 Å². The zero-order valence-electron chi connectivity index (χ0n) is 9.18. The van der Waals surface area contributed by atoms with E-state index in [1.54, 1.807) is 7.11 Å². The van der Waals surface area contributed by atoms with Crippen molar-refractivity contribution in [2.75, 3.05) is 7.11 Å². The quantitative estimate of drug-likeness (QED) is 0.829. The highest BCUT2D eigenvalue weighted by Crippen LogP contribution is 2.22. The molecule has 0 fully saturated rings. The fourth-order valence-electron chi connectivity index (χ4n) is 1.61. The molecule has 16 heavy (non-hydrogen) atoms. The number of nitrogens with zero attached hydrogens (tertiary/aromatic N) is 2. The fraction of sp³-hybridized carbons (Fsp3) is 0.273. The Morgan fingerprint density at radius 3 is 2.56 bits per heavy atom. The lowest BCUT2D eigenvalue weighted by Gasteiger charge is -2.14. The van der Waals surface area contributed by atoms with E-state index in [9.17, 15) is 0 Å². The Hall–Kier alpha value is -1.46. The summed E-state index contributed by atoms with van der Waals surface area (Å²) in [6.07, 6.45) is -0.195. The number of rotatable bonds is 3. The average Bonchev–Trinajstić information content (AvgIpc) is 2.64. The summed E-state index contributed by atoms with van der Waals surface area (Å²) in [5.41, 5.74) is 1.06. The number of methoxy groups -OCH3 is 1. The second-order valence-electron chi connectivity index (χ2n) is 3.47. The number of hydrogen-bond donors (Lipinski definition) is 1. The molecule has 0 amide bonds. The molecule has 4 nitrogen and oxygen atoms in total. The van der Waals surface area contributed by atoms with Crippen LogP contribution in [0.25, 0.3) is 0 Å². The largest absolute Gasteiger partial charge is 0.369 e. The van der Waals surface area contributed by atoms with Crippen LogP contribution in [0.3, 0.4) is 0 Å². The van der Waals surface area contributed by atoms with Gasteiger partial charge in [0.05, 0.1) is 0 Å². The standard InChI is InChI=1S/C11H13N3OS/c1-14-10(12-13-11(14)16)9(15-2)8-6-4-3-5-7-8/h3-7,9H,1-2H3,(H,13,16). The number of H-pyrrole nitrogens is 1. The Morgan fingerprint density at radius 2 is 2.06 bits per heavy atom. The molecule has 0 aliphatic carbocycles. The Kier molecular flexibility index (Phi) is 3.17. The molecule has 0 aliphatic heterocycles. The summed E-state index contributed by atoms with van der Waals surface area (Å²) < 4.78 is 7.87. The summed E-state index contributed by atoms with van der Waals surface area (Å²) in [7, 11) is 3.53. The first kappa shape index (κ1) is 11.0. The van der Waals surface area contributed by atoms with Crippen molar-refractivity contribution < 1.29 is 4.74 Å². The smallest absolute Gasteiger partial charge is 0.194 e. The molecule has 0 aliphatic rings. The molecule has 0 radical (unpaired) electrons. The van der Waals surface area contributed by atoms with E-state index in [0.717, 1.165) is 11.4 Å². The molecule has 1 aromatic heterocycles. The Morgan fingerprint density at radius 1 is 1.38 bits per heavy atom. The first-order valence-electron chi connectivity index (χ1n) is 4.93. The normalized spacial score (nSPS) is 12.6. The summed E-state index contributed by atoms with van der Waals surface area (Å²) in [6.45, 7) is 0. The van der Waals surface area contributed by atoms with Crippen LogP contribution >= 0.6 is 12.2 Å². The highest BCUT2D eigenvalue weighted by atomic mass is 32.1. The van der Waals surface area contributed by atoms with E-state index in [-0.39, 0.29) is 6.10 Å². The van der Waals surface area contributed by atoms with Crippen LogP contribution in [0, 0.1) is 4.77 Å². The molecule has 0 spiro atoms. The first-order chi connectivity index (χ1) is 7.74. The molecule has 1 heterocycles. The van der Waals surface area contributed by atoms with Gasteiger partial charge < -0.3 is 9.30 Å². The number of ether oxygens (including phenoxy) is 1. The van der Waals surface area contributed by atoms with E-state index in [2.05, 4.69) is 10.2 Å². The van der Waals surface area contributed by atoms with Crippen LogP contribution in [-0.4, -0.2) is 21.9 Å². The molecular weight excluding hydrogens is 222 g/mol. The van der Waals surface area contributed by atoms with Crippen molar-refractivity contribution in [1.29, 1.82) is 0 Å². The van der Waals surface area contributed by atoms with E-state index in [0.29, 0.717) is 4.77 Å². The molecule has 84 valence electrons. The number of aromatic amines is 1. The van der Waals surface area contributed by atoms with Gasteiger partial charge in [0.25, 0.3) is 0 Å². The Balaban J connectivity index is 2.45. The highest BCUT2D eigenvalue weighted by Gasteiger charge is 2.18. The third kappa shape index (κ3) is 1.91. The molecular formula is C11H13N3OS. The number of benzene rings is 1. The van der Waals surface area contributed by atoms with Crippen molar-refractivity contribution in [2.45, 2.75) is 6.10 Å². The van der Waals surface area contributed by atoms with Crippen LogP contribution in [0.15, 0.2) is 30.3 Å². The van der Waals surface area contributed by atoms with Crippen LogP contribution in [-0.2, 0) is 11.8 Å². The van der Waals surface area contributed by atoms with E-state index in [4.69, 9.17) is 17.0 Å². The van der Waals surface area contributed by atoms with Crippen molar-refractivity contribution in [3.8, 4) is 0 Å². The lowest BCUT2D eigenvalue weighted by Crippen LogP contribution is -2.09. The minimum atomic E-state index is -0.195. The second kappa shape index (κ2) is 4.59. The maximum absolute atomic E-state index is 5.47. The predicted octanol–water partition coefficient (Wildman–Crippen LogP) is 2.21. The Bertz CT molecular complexity index is 518. The Labute approximate surface area is 98.9 Å². The molecule has 2 aromatic rings. The van der Waals surface area contributed by atoms with E-state index >= 15 is 0 Å². The number of nitrogens with one attached hydrogen (secondary N) is 1. The summed E-state index contributed by atoms with van der Waals surface area (Å²) in [5, 5.41) is 6.94. The molecule has 5 heteroatoms. The topological polar surface area (TPSA) is 42.8 Å². The molecule has 1 unspecified atom stereocenters. The molecule has 1 atom stereocenters. The van der Waals surface area contributed by atoms with Crippen molar-refractivity contribution in [2.24, 2.45) is 7.05 Å². The first-order valence-corrected chi connectivity index (χ1v) is 5.34. The van der Waals surface area contributed by atoms with Gasteiger partial charge in [-0.15, -0.1) is 0 Å². The zero-order chi connectivity index (χ0) is 11.5. The van der Waals surface area contributed by atoms with Gasteiger partial charge in [0.1, 0.15) is 6.10 Å². The van der Waals surface area contributed by atoms with Crippen molar-refractivity contribution in [3.63, 3.8) is 0 Å². The minimum absolute atomic E-state index is 0.195. The van der Waals surface area contributed by atoms with E-state index in [1.165, 1.54) is 0 Å². The van der Waals surface area contributed by atoms with Gasteiger partial charge in [-0.1, -0.05) is 30.3 Å². The van der Waals surface area contributed by atoms with Crippen LogP contribution in [0.4, 0.5) is 0 Å². The van der Waals surface area contributed by atoms with Crippen molar-refractivity contribution >= 4 is 12.2 Å². The van der Waals surface area contributed by atoms with Crippen molar-refractivity contribution in [1.82, 2.24) is 14.8 Å². The molecule has 1 N–H and O–H groups in total. The monoisotopic (exact) mass is 235 g/mol.